The SMILES string of the molecule is CN(CC(=O)O)c1ccc(-c2ccc(Br)s2)nn1. The maximum atomic E-state index is 10.6. The van der Waals surface area contributed by atoms with Gasteiger partial charge >= 0.3 is 5.97 Å². The van der Waals surface area contributed by atoms with Gasteiger partial charge in [0.15, 0.2) is 5.82 Å². The zero-order valence-corrected chi connectivity index (χ0v) is 11.9. The molecule has 0 spiro atoms. The van der Waals surface area contributed by atoms with E-state index in [2.05, 4.69) is 26.1 Å². The third-order valence-electron chi connectivity index (χ3n) is 2.24. The van der Waals surface area contributed by atoms with Gasteiger partial charge < -0.3 is 10.0 Å². The second-order valence-electron chi connectivity index (χ2n) is 3.63. The highest BCUT2D eigenvalue weighted by molar-refractivity contribution is 9.11. The fourth-order valence-corrected chi connectivity index (χ4v) is 2.75. The van der Waals surface area contributed by atoms with E-state index in [-0.39, 0.29) is 6.54 Å². The van der Waals surface area contributed by atoms with Crippen LogP contribution in [0.3, 0.4) is 0 Å². The molecule has 0 aliphatic rings. The quantitative estimate of drug-likeness (QED) is 0.934. The number of carbonyl (C=O) groups is 1. The first kappa shape index (κ1) is 13.0. The molecule has 1 N–H and O–H groups in total. The van der Waals surface area contributed by atoms with Gasteiger partial charge in [0.1, 0.15) is 12.2 Å². The lowest BCUT2D eigenvalue weighted by atomic mass is 10.3. The third-order valence-corrected chi connectivity index (χ3v) is 3.89. The largest absolute Gasteiger partial charge is 0.480 e. The minimum atomic E-state index is -0.898. The monoisotopic (exact) mass is 327 g/mol. The summed E-state index contributed by atoms with van der Waals surface area (Å²) in [7, 11) is 1.67. The molecule has 0 aliphatic carbocycles. The number of hydrogen-bond donors (Lipinski definition) is 1. The number of aliphatic carboxylic acids is 1. The number of nitrogens with zero attached hydrogens (tertiary/aromatic N) is 3. The van der Waals surface area contributed by atoms with Crippen LogP contribution < -0.4 is 4.90 Å². The molecule has 0 atom stereocenters. The summed E-state index contributed by atoms with van der Waals surface area (Å²) in [6.45, 7) is -0.0986. The molecule has 0 bridgehead atoms. The molecular weight excluding hydrogens is 318 g/mol. The Morgan fingerprint density at radius 1 is 1.39 bits per heavy atom. The van der Waals surface area contributed by atoms with Crippen LogP contribution >= 0.6 is 27.3 Å². The molecule has 5 nitrogen and oxygen atoms in total. The van der Waals surface area contributed by atoms with E-state index in [0.29, 0.717) is 5.82 Å². The molecule has 0 saturated carbocycles. The van der Waals surface area contributed by atoms with Gasteiger partial charge in [0.05, 0.1) is 8.66 Å². The average Bonchev–Trinajstić information content (AvgIpc) is 2.75. The lowest BCUT2D eigenvalue weighted by molar-refractivity contribution is -0.135. The van der Waals surface area contributed by atoms with Crippen molar-refractivity contribution in [1.82, 2.24) is 10.2 Å². The standard InChI is InChI=1S/C11H10BrN3O2S/c1-15(6-11(16)17)10-5-2-7(13-14-10)8-3-4-9(12)18-8/h2-5H,6H2,1H3,(H,16,17). The van der Waals surface area contributed by atoms with Gasteiger partial charge in [-0.05, 0) is 40.2 Å². The van der Waals surface area contributed by atoms with Crippen LogP contribution in [0, 0.1) is 0 Å². The Bertz CT molecular complexity index is 556. The highest BCUT2D eigenvalue weighted by atomic mass is 79.9. The Kier molecular flexibility index (Phi) is 3.93. The molecule has 2 heterocycles. The van der Waals surface area contributed by atoms with E-state index in [1.54, 1.807) is 24.5 Å². The van der Waals surface area contributed by atoms with E-state index in [0.717, 1.165) is 14.4 Å². The van der Waals surface area contributed by atoms with E-state index in [1.807, 2.05) is 18.2 Å². The second-order valence-corrected chi connectivity index (χ2v) is 6.09. The van der Waals surface area contributed by atoms with Gasteiger partial charge in [0.25, 0.3) is 0 Å². The Hall–Kier alpha value is -1.47. The number of carboxylic acids is 1. The van der Waals surface area contributed by atoms with Gasteiger partial charge in [-0.25, -0.2) is 0 Å². The van der Waals surface area contributed by atoms with Crippen molar-refractivity contribution in [3.63, 3.8) is 0 Å². The first-order valence-electron chi connectivity index (χ1n) is 5.08. The number of carboxylic acid groups (broad SMARTS) is 1. The van der Waals surface area contributed by atoms with E-state index in [1.165, 1.54) is 4.90 Å². The van der Waals surface area contributed by atoms with Crippen molar-refractivity contribution in [3.05, 3.63) is 28.1 Å². The summed E-state index contributed by atoms with van der Waals surface area (Å²) in [4.78, 5) is 13.1. The van der Waals surface area contributed by atoms with E-state index >= 15 is 0 Å². The van der Waals surface area contributed by atoms with Crippen molar-refractivity contribution in [1.29, 1.82) is 0 Å². The molecule has 0 fully saturated rings. The Morgan fingerprint density at radius 2 is 2.17 bits per heavy atom. The first-order chi connectivity index (χ1) is 8.56. The Morgan fingerprint density at radius 3 is 2.67 bits per heavy atom. The minimum absolute atomic E-state index is 0.0986. The van der Waals surface area contributed by atoms with Gasteiger partial charge in [-0.15, -0.1) is 21.5 Å². The van der Waals surface area contributed by atoms with Crippen LogP contribution in [0.4, 0.5) is 5.82 Å². The summed E-state index contributed by atoms with van der Waals surface area (Å²) in [6.07, 6.45) is 0. The second kappa shape index (κ2) is 5.45. The van der Waals surface area contributed by atoms with Crippen molar-refractivity contribution in [2.45, 2.75) is 0 Å². The molecule has 7 heteroatoms. The van der Waals surface area contributed by atoms with Crippen molar-refractivity contribution < 1.29 is 9.90 Å². The van der Waals surface area contributed by atoms with Crippen LogP contribution in [0.2, 0.25) is 0 Å². The number of rotatable bonds is 4. The number of thiophene rings is 1. The summed E-state index contributed by atoms with van der Waals surface area (Å²) in [6, 6.07) is 7.50. The number of aromatic nitrogens is 2. The molecule has 0 saturated heterocycles. The third kappa shape index (κ3) is 3.05. The normalized spacial score (nSPS) is 10.3. The smallest absolute Gasteiger partial charge is 0.323 e. The predicted octanol–water partition coefficient (Wildman–Crippen LogP) is 2.49. The average molecular weight is 328 g/mol. The zero-order valence-electron chi connectivity index (χ0n) is 9.50. The Balaban J connectivity index is 2.17. The molecule has 94 valence electrons. The minimum Gasteiger partial charge on any atom is -0.480 e. The summed E-state index contributed by atoms with van der Waals surface area (Å²) >= 11 is 4.96. The van der Waals surface area contributed by atoms with Crippen molar-refractivity contribution in [3.8, 4) is 10.6 Å². The predicted molar refractivity (Wildman–Crippen MR) is 74.0 cm³/mol. The van der Waals surface area contributed by atoms with E-state index in [4.69, 9.17) is 5.11 Å². The van der Waals surface area contributed by atoms with Gasteiger partial charge in [0.2, 0.25) is 0 Å². The zero-order chi connectivity index (χ0) is 13.1. The van der Waals surface area contributed by atoms with Crippen LogP contribution in [0.25, 0.3) is 10.6 Å². The molecule has 0 aromatic carbocycles. The Labute approximate surface area is 116 Å². The highest BCUT2D eigenvalue weighted by Crippen LogP contribution is 2.29. The van der Waals surface area contributed by atoms with Crippen LogP contribution in [0.1, 0.15) is 0 Å². The van der Waals surface area contributed by atoms with Crippen LogP contribution in [0.15, 0.2) is 28.1 Å². The number of hydrogen-bond acceptors (Lipinski definition) is 5. The molecular formula is C11H10BrN3O2S. The molecule has 2 aromatic heterocycles. The van der Waals surface area contributed by atoms with Gasteiger partial charge in [-0.1, -0.05) is 0 Å². The number of likely N-dealkylation sites (N-methyl/N-ethyl adjacent to an activating group) is 1. The van der Waals surface area contributed by atoms with Gasteiger partial charge in [0, 0.05) is 7.05 Å². The van der Waals surface area contributed by atoms with Crippen molar-refractivity contribution in [2.24, 2.45) is 0 Å². The number of halogens is 1. The lowest BCUT2D eigenvalue weighted by Crippen LogP contribution is -2.26. The van der Waals surface area contributed by atoms with Gasteiger partial charge in [-0.3, -0.25) is 4.79 Å². The van der Waals surface area contributed by atoms with Crippen LogP contribution in [0.5, 0.6) is 0 Å². The molecule has 0 unspecified atom stereocenters. The van der Waals surface area contributed by atoms with E-state index in [9.17, 15) is 4.79 Å². The van der Waals surface area contributed by atoms with Crippen LogP contribution in [-0.2, 0) is 4.79 Å². The van der Waals surface area contributed by atoms with Crippen molar-refractivity contribution >= 4 is 39.1 Å². The topological polar surface area (TPSA) is 66.3 Å². The molecule has 0 amide bonds. The number of anilines is 1. The van der Waals surface area contributed by atoms with E-state index < -0.39 is 5.97 Å². The molecule has 0 radical (unpaired) electrons. The van der Waals surface area contributed by atoms with Crippen LogP contribution in [-0.4, -0.2) is 34.9 Å². The lowest BCUT2D eigenvalue weighted by Gasteiger charge is -2.14. The molecule has 2 rings (SSSR count). The first-order valence-corrected chi connectivity index (χ1v) is 6.69. The molecule has 0 aliphatic heterocycles. The maximum Gasteiger partial charge on any atom is 0.323 e. The summed E-state index contributed by atoms with van der Waals surface area (Å²) < 4.78 is 1.03. The maximum absolute atomic E-state index is 10.6. The molecule has 2 aromatic rings. The van der Waals surface area contributed by atoms with Gasteiger partial charge in [-0.2, -0.15) is 0 Å². The molecule has 18 heavy (non-hydrogen) atoms. The summed E-state index contributed by atoms with van der Waals surface area (Å²) in [5, 5.41) is 16.8. The highest BCUT2D eigenvalue weighted by Gasteiger charge is 2.09. The summed E-state index contributed by atoms with van der Waals surface area (Å²) in [5.74, 6) is -0.359. The summed E-state index contributed by atoms with van der Waals surface area (Å²) in [5.41, 5.74) is 0.776. The fraction of sp³-hybridized carbons (Fsp3) is 0.182. The fourth-order valence-electron chi connectivity index (χ4n) is 1.40. The van der Waals surface area contributed by atoms with Crippen molar-refractivity contribution in [2.75, 3.05) is 18.5 Å².